The Kier molecular flexibility index (Phi) is 4.01. The van der Waals surface area contributed by atoms with Gasteiger partial charge < -0.3 is 16.2 Å². The Morgan fingerprint density at radius 3 is 2.83 bits per heavy atom. The molecule has 1 heterocycles. The van der Waals surface area contributed by atoms with Crippen LogP contribution in [0.25, 0.3) is 0 Å². The van der Waals surface area contributed by atoms with Crippen molar-refractivity contribution in [3.05, 3.63) is 11.4 Å². The highest BCUT2D eigenvalue weighted by atomic mass is 16.3. The summed E-state index contributed by atoms with van der Waals surface area (Å²) in [6.45, 7) is 4.18. The number of nitrogens with two attached hydrogens (primary N) is 1. The second kappa shape index (κ2) is 5.52. The zero-order valence-electron chi connectivity index (χ0n) is 11.1. The van der Waals surface area contributed by atoms with Crippen molar-refractivity contribution < 1.29 is 5.11 Å². The van der Waals surface area contributed by atoms with Crippen molar-refractivity contribution in [3.8, 4) is 0 Å². The molecule has 18 heavy (non-hydrogen) atoms. The standard InChI is InChI=1S/C13H22N4O/c1-3-11-16-12(14)8(2)13(17-11)15-10-6-4-5-9(10)7-18/h9-10,18H,3-7H2,1-2H3,(H3,14,15,16,17). The first kappa shape index (κ1) is 13.1. The Bertz CT molecular complexity index is 422. The molecule has 1 saturated carbocycles. The number of nitrogen functional groups attached to an aromatic ring is 1. The van der Waals surface area contributed by atoms with Gasteiger partial charge in [-0.05, 0) is 19.8 Å². The van der Waals surface area contributed by atoms with Crippen molar-refractivity contribution in [2.24, 2.45) is 5.92 Å². The van der Waals surface area contributed by atoms with Gasteiger partial charge in [0.15, 0.2) is 0 Å². The first-order chi connectivity index (χ1) is 8.65. The zero-order chi connectivity index (χ0) is 13.1. The van der Waals surface area contributed by atoms with Gasteiger partial charge in [-0.25, -0.2) is 9.97 Å². The molecular formula is C13H22N4O. The van der Waals surface area contributed by atoms with Gasteiger partial charge >= 0.3 is 0 Å². The molecule has 1 aliphatic rings. The van der Waals surface area contributed by atoms with Crippen LogP contribution in [0.15, 0.2) is 0 Å². The van der Waals surface area contributed by atoms with Crippen molar-refractivity contribution in [3.63, 3.8) is 0 Å². The monoisotopic (exact) mass is 250 g/mol. The zero-order valence-corrected chi connectivity index (χ0v) is 11.1. The minimum atomic E-state index is 0.234. The van der Waals surface area contributed by atoms with E-state index in [1.54, 1.807) is 0 Å². The van der Waals surface area contributed by atoms with Gasteiger partial charge in [0.05, 0.1) is 0 Å². The van der Waals surface area contributed by atoms with Crippen LogP contribution in [0, 0.1) is 12.8 Å². The van der Waals surface area contributed by atoms with Gasteiger partial charge in [-0.15, -0.1) is 0 Å². The van der Waals surface area contributed by atoms with E-state index >= 15 is 0 Å². The Morgan fingerprint density at radius 1 is 1.39 bits per heavy atom. The van der Waals surface area contributed by atoms with Gasteiger partial charge in [-0.1, -0.05) is 13.3 Å². The SMILES string of the molecule is CCc1nc(N)c(C)c(NC2CCCC2CO)n1. The summed E-state index contributed by atoms with van der Waals surface area (Å²) >= 11 is 0. The maximum Gasteiger partial charge on any atom is 0.134 e. The summed E-state index contributed by atoms with van der Waals surface area (Å²) in [4.78, 5) is 8.74. The van der Waals surface area contributed by atoms with Crippen LogP contribution in [-0.2, 0) is 6.42 Å². The minimum absolute atomic E-state index is 0.234. The maximum absolute atomic E-state index is 9.34. The molecule has 5 heteroatoms. The van der Waals surface area contributed by atoms with Crippen molar-refractivity contribution >= 4 is 11.6 Å². The molecule has 1 aliphatic carbocycles. The van der Waals surface area contributed by atoms with E-state index in [4.69, 9.17) is 5.73 Å². The van der Waals surface area contributed by atoms with Gasteiger partial charge in [0.25, 0.3) is 0 Å². The first-order valence-electron chi connectivity index (χ1n) is 6.66. The van der Waals surface area contributed by atoms with Crippen LogP contribution in [0.5, 0.6) is 0 Å². The third-order valence-corrected chi connectivity index (χ3v) is 3.76. The van der Waals surface area contributed by atoms with E-state index < -0.39 is 0 Å². The van der Waals surface area contributed by atoms with Crippen LogP contribution in [0.1, 0.15) is 37.6 Å². The fraction of sp³-hybridized carbons (Fsp3) is 0.692. The molecule has 1 aromatic rings. The third kappa shape index (κ3) is 2.56. The van der Waals surface area contributed by atoms with Crippen molar-refractivity contribution in [2.75, 3.05) is 17.7 Å². The number of nitrogens with zero attached hydrogens (tertiary/aromatic N) is 2. The number of aryl methyl sites for hydroxylation is 1. The van der Waals surface area contributed by atoms with Gasteiger partial charge in [-0.3, -0.25) is 0 Å². The number of hydrogen-bond donors (Lipinski definition) is 3. The predicted molar refractivity (Wildman–Crippen MR) is 72.4 cm³/mol. The van der Waals surface area contributed by atoms with Crippen molar-refractivity contribution in [2.45, 2.75) is 45.6 Å². The molecule has 0 aliphatic heterocycles. The summed E-state index contributed by atoms with van der Waals surface area (Å²) in [5.41, 5.74) is 6.80. The van der Waals surface area contributed by atoms with E-state index in [-0.39, 0.29) is 6.61 Å². The fourth-order valence-corrected chi connectivity index (χ4v) is 2.50. The average Bonchev–Trinajstić information content (AvgIpc) is 2.81. The molecule has 0 spiro atoms. The van der Waals surface area contributed by atoms with Gasteiger partial charge in [0, 0.05) is 30.6 Å². The molecule has 100 valence electrons. The van der Waals surface area contributed by atoms with Crippen LogP contribution in [-0.4, -0.2) is 27.7 Å². The smallest absolute Gasteiger partial charge is 0.134 e. The van der Waals surface area contributed by atoms with Crippen LogP contribution in [0.2, 0.25) is 0 Å². The van der Waals surface area contributed by atoms with E-state index in [9.17, 15) is 5.11 Å². The fourth-order valence-electron chi connectivity index (χ4n) is 2.50. The molecule has 5 nitrogen and oxygen atoms in total. The lowest BCUT2D eigenvalue weighted by molar-refractivity contribution is 0.222. The maximum atomic E-state index is 9.34. The highest BCUT2D eigenvalue weighted by Crippen LogP contribution is 2.29. The molecular weight excluding hydrogens is 228 g/mol. The van der Waals surface area contributed by atoms with Crippen LogP contribution >= 0.6 is 0 Å². The number of aliphatic hydroxyl groups is 1. The summed E-state index contributed by atoms with van der Waals surface area (Å²) in [6.07, 6.45) is 4.08. The summed E-state index contributed by atoms with van der Waals surface area (Å²) < 4.78 is 0. The molecule has 2 atom stereocenters. The van der Waals surface area contributed by atoms with Crippen LogP contribution in [0.3, 0.4) is 0 Å². The van der Waals surface area contributed by atoms with Gasteiger partial charge in [0.1, 0.15) is 17.5 Å². The van der Waals surface area contributed by atoms with E-state index in [0.29, 0.717) is 17.8 Å². The Labute approximate surface area is 108 Å². The summed E-state index contributed by atoms with van der Waals surface area (Å²) in [6, 6.07) is 0.299. The molecule has 0 radical (unpaired) electrons. The number of anilines is 2. The lowest BCUT2D eigenvalue weighted by Crippen LogP contribution is -2.27. The second-order valence-electron chi connectivity index (χ2n) is 4.98. The molecule has 2 unspecified atom stereocenters. The normalized spacial score (nSPS) is 23.3. The molecule has 2 rings (SSSR count). The summed E-state index contributed by atoms with van der Waals surface area (Å²) in [5, 5.41) is 12.8. The molecule has 1 aromatic heterocycles. The topological polar surface area (TPSA) is 84.1 Å². The summed E-state index contributed by atoms with van der Waals surface area (Å²) in [7, 11) is 0. The lowest BCUT2D eigenvalue weighted by Gasteiger charge is -2.21. The number of hydrogen-bond acceptors (Lipinski definition) is 5. The van der Waals surface area contributed by atoms with Gasteiger partial charge in [0.2, 0.25) is 0 Å². The summed E-state index contributed by atoms with van der Waals surface area (Å²) in [5.74, 6) is 2.46. The average molecular weight is 250 g/mol. The van der Waals surface area contributed by atoms with Crippen molar-refractivity contribution in [1.82, 2.24) is 9.97 Å². The minimum Gasteiger partial charge on any atom is -0.396 e. The Balaban J connectivity index is 2.20. The quantitative estimate of drug-likeness (QED) is 0.754. The van der Waals surface area contributed by atoms with Crippen LogP contribution in [0.4, 0.5) is 11.6 Å². The second-order valence-corrected chi connectivity index (χ2v) is 4.98. The largest absolute Gasteiger partial charge is 0.396 e. The van der Waals surface area contributed by atoms with E-state index in [1.807, 2.05) is 13.8 Å². The highest BCUT2D eigenvalue weighted by Gasteiger charge is 2.27. The highest BCUT2D eigenvalue weighted by molar-refractivity contribution is 5.55. The Hall–Kier alpha value is -1.36. The molecule has 0 aromatic carbocycles. The predicted octanol–water partition coefficient (Wildman–Crippen LogP) is 1.50. The first-order valence-corrected chi connectivity index (χ1v) is 6.66. The third-order valence-electron chi connectivity index (χ3n) is 3.76. The van der Waals surface area contributed by atoms with Crippen LogP contribution < -0.4 is 11.1 Å². The molecule has 0 bridgehead atoms. The van der Waals surface area contributed by atoms with E-state index in [2.05, 4.69) is 15.3 Å². The number of nitrogens with one attached hydrogen (secondary N) is 1. The number of aromatic nitrogens is 2. The van der Waals surface area contributed by atoms with Gasteiger partial charge in [-0.2, -0.15) is 0 Å². The molecule has 4 N–H and O–H groups in total. The number of rotatable bonds is 4. The molecule has 1 fully saturated rings. The lowest BCUT2D eigenvalue weighted by atomic mass is 10.0. The van der Waals surface area contributed by atoms with Crippen molar-refractivity contribution in [1.29, 1.82) is 0 Å². The molecule has 0 amide bonds. The molecule has 0 saturated heterocycles. The van der Waals surface area contributed by atoms with E-state index in [1.165, 1.54) is 0 Å². The van der Waals surface area contributed by atoms with E-state index in [0.717, 1.165) is 42.9 Å². The number of aliphatic hydroxyl groups excluding tert-OH is 1. The Morgan fingerprint density at radius 2 is 2.17 bits per heavy atom.